The number of rotatable bonds is 11. The Kier molecular flexibility index (Phi) is 12.0. The molecule has 0 aromatic heterocycles. The summed E-state index contributed by atoms with van der Waals surface area (Å²) in [4.78, 5) is 55.2. The molecule has 3 saturated heterocycles. The van der Waals surface area contributed by atoms with E-state index in [0.717, 1.165) is 74.4 Å². The van der Waals surface area contributed by atoms with Crippen molar-refractivity contribution in [3.05, 3.63) is 82.4 Å². The maximum Gasteiger partial charge on any atom is 0.255 e. The maximum absolute atomic E-state index is 13.6. The Morgan fingerprint density at radius 1 is 0.873 bits per heavy atom. The number of hydrogen-bond donors (Lipinski definition) is 3. The van der Waals surface area contributed by atoms with Crippen LogP contribution in [0, 0.1) is 36.0 Å². The number of anilines is 1. The standard InChI is InChI=1S/C49H60N6O8/c1-29-22-35(23-30(2)38(29)27-50)63-46-47(3,4)45(48(46,5)6)53-42(57)31-8-10-32(11-9-31)54-18-16-49(17-19-54)28-55(20-21-61-49)33-24-36(25-33)62-34-12-13-37(40(26-34)60-7)43(58)51-39-14-15-41(56)52-44(39)59/h8-13,22-23,26,33,36,39,45-46H,14-21,24-25,28H2,1-7H3,(H,51,58)(H,53,57)(H,52,56,59)/t33-,36-,39-,45-,46-/m0/s1. The first kappa shape index (κ1) is 44.0. The molecule has 0 radical (unpaired) electrons. The molecule has 5 aliphatic rings. The van der Waals surface area contributed by atoms with Crippen molar-refractivity contribution < 1.29 is 38.1 Å². The molecule has 334 valence electrons. The zero-order valence-electron chi connectivity index (χ0n) is 37.5. The normalized spacial score (nSPS) is 26.0. The summed E-state index contributed by atoms with van der Waals surface area (Å²) < 4.78 is 24.9. The van der Waals surface area contributed by atoms with Gasteiger partial charge in [-0.3, -0.25) is 29.4 Å². The number of carbonyl (C=O) groups is 4. The zero-order valence-corrected chi connectivity index (χ0v) is 37.5. The van der Waals surface area contributed by atoms with E-state index in [9.17, 15) is 24.4 Å². The zero-order chi connectivity index (χ0) is 44.8. The van der Waals surface area contributed by atoms with E-state index in [1.54, 1.807) is 18.2 Å². The van der Waals surface area contributed by atoms with Crippen LogP contribution in [0.4, 0.5) is 5.69 Å². The van der Waals surface area contributed by atoms with E-state index in [1.165, 1.54) is 7.11 Å². The summed E-state index contributed by atoms with van der Waals surface area (Å²) >= 11 is 0. The number of ether oxygens (including phenoxy) is 4. The number of nitriles is 1. The third-order valence-electron chi connectivity index (χ3n) is 14.3. The van der Waals surface area contributed by atoms with Gasteiger partial charge in [0.15, 0.2) is 0 Å². The highest BCUT2D eigenvalue weighted by atomic mass is 16.5. The minimum Gasteiger partial charge on any atom is -0.496 e. The maximum atomic E-state index is 13.6. The van der Waals surface area contributed by atoms with Gasteiger partial charge in [0.2, 0.25) is 11.8 Å². The number of benzene rings is 3. The summed E-state index contributed by atoms with van der Waals surface area (Å²) in [5.74, 6) is 0.312. The molecule has 3 aromatic carbocycles. The van der Waals surface area contributed by atoms with Gasteiger partial charge in [-0.2, -0.15) is 5.26 Å². The average molecular weight is 861 g/mol. The number of methoxy groups -OCH3 is 1. The Morgan fingerprint density at radius 2 is 1.56 bits per heavy atom. The van der Waals surface area contributed by atoms with E-state index in [1.807, 2.05) is 50.2 Å². The third kappa shape index (κ3) is 8.70. The lowest BCUT2D eigenvalue weighted by Gasteiger charge is -2.63. The monoisotopic (exact) mass is 860 g/mol. The van der Waals surface area contributed by atoms with Crippen LogP contribution in [-0.4, -0.2) is 104 Å². The van der Waals surface area contributed by atoms with E-state index in [0.29, 0.717) is 35.3 Å². The predicted octanol–water partition coefficient (Wildman–Crippen LogP) is 5.61. The van der Waals surface area contributed by atoms with Gasteiger partial charge < -0.3 is 34.5 Å². The van der Waals surface area contributed by atoms with Crippen LogP contribution in [0.15, 0.2) is 54.6 Å². The van der Waals surface area contributed by atoms with Crippen molar-refractivity contribution >= 4 is 29.3 Å². The highest BCUT2D eigenvalue weighted by molar-refractivity contribution is 6.04. The second-order valence-electron chi connectivity index (χ2n) is 19.3. The Morgan fingerprint density at radius 3 is 2.19 bits per heavy atom. The number of hydrogen-bond acceptors (Lipinski definition) is 11. The molecule has 0 unspecified atom stereocenters. The molecule has 2 saturated carbocycles. The topological polar surface area (TPSA) is 172 Å². The minimum atomic E-state index is -0.776. The molecule has 3 N–H and O–H groups in total. The molecule has 2 aliphatic carbocycles. The second kappa shape index (κ2) is 17.1. The van der Waals surface area contributed by atoms with Crippen molar-refractivity contribution in [2.24, 2.45) is 10.8 Å². The van der Waals surface area contributed by atoms with Gasteiger partial charge in [-0.1, -0.05) is 27.7 Å². The van der Waals surface area contributed by atoms with Crippen molar-refractivity contribution in [1.29, 1.82) is 5.26 Å². The quantitative estimate of drug-likeness (QED) is 0.205. The minimum absolute atomic E-state index is 0.0417. The predicted molar refractivity (Wildman–Crippen MR) is 236 cm³/mol. The molecule has 5 fully saturated rings. The van der Waals surface area contributed by atoms with E-state index in [2.05, 4.69) is 59.5 Å². The van der Waals surface area contributed by atoms with Crippen LogP contribution in [0.2, 0.25) is 0 Å². The Balaban J connectivity index is 0.795. The number of morpholine rings is 1. The fourth-order valence-corrected chi connectivity index (χ4v) is 10.9. The molecule has 0 bridgehead atoms. The molecule has 63 heavy (non-hydrogen) atoms. The van der Waals surface area contributed by atoms with Gasteiger partial charge in [0.05, 0.1) is 36.5 Å². The van der Waals surface area contributed by atoms with Gasteiger partial charge in [0, 0.05) is 85.7 Å². The molecule has 3 aromatic rings. The first-order valence-electron chi connectivity index (χ1n) is 22.2. The number of aryl methyl sites for hydroxylation is 2. The largest absolute Gasteiger partial charge is 0.496 e. The molecule has 1 spiro atoms. The fraction of sp³-hybridized carbons (Fsp3) is 0.531. The first-order valence-corrected chi connectivity index (χ1v) is 22.2. The summed E-state index contributed by atoms with van der Waals surface area (Å²) in [5.41, 5.74) is 3.64. The number of imide groups is 1. The lowest BCUT2D eigenvalue weighted by molar-refractivity contribution is -0.164. The molecule has 3 heterocycles. The number of nitrogens with one attached hydrogen (secondary N) is 3. The summed E-state index contributed by atoms with van der Waals surface area (Å²) in [6.45, 7) is 16.6. The summed E-state index contributed by atoms with van der Waals surface area (Å²) in [6.07, 6.45) is 3.95. The van der Waals surface area contributed by atoms with Gasteiger partial charge in [0.1, 0.15) is 35.5 Å². The Bertz CT molecular complexity index is 2270. The van der Waals surface area contributed by atoms with Crippen LogP contribution in [0.1, 0.15) is 104 Å². The van der Waals surface area contributed by atoms with Gasteiger partial charge in [-0.25, -0.2) is 0 Å². The van der Waals surface area contributed by atoms with Crippen molar-refractivity contribution in [1.82, 2.24) is 20.9 Å². The molecule has 1 atom stereocenters. The van der Waals surface area contributed by atoms with Crippen LogP contribution in [0.3, 0.4) is 0 Å². The summed E-state index contributed by atoms with van der Waals surface area (Å²) in [6, 6.07) is 18.7. The van der Waals surface area contributed by atoms with Crippen molar-refractivity contribution in [3.8, 4) is 23.3 Å². The molecule has 14 nitrogen and oxygen atoms in total. The van der Waals surface area contributed by atoms with E-state index in [4.69, 9.17) is 18.9 Å². The Labute approximate surface area is 369 Å². The number of carbonyl (C=O) groups excluding carboxylic acids is 4. The van der Waals surface area contributed by atoms with Crippen LogP contribution in [-0.2, 0) is 14.3 Å². The molecule has 8 rings (SSSR count). The van der Waals surface area contributed by atoms with Crippen molar-refractivity contribution in [2.75, 3.05) is 44.8 Å². The highest BCUT2D eigenvalue weighted by Crippen LogP contribution is 2.55. The SMILES string of the molecule is COc1cc(O[C@H]2C[C@H](N3CCOC4(CCN(c5ccc(C(=O)N[C@H]6C(C)(C)[C@H](Oc7cc(C)c(C#N)c(C)c7)C6(C)C)cc5)CC4)C3)C2)ccc1C(=O)N[C@H]1CCC(=O)NC1=O. The van der Waals surface area contributed by atoms with Gasteiger partial charge in [-0.05, 0) is 92.8 Å². The van der Waals surface area contributed by atoms with Crippen molar-refractivity contribution in [3.63, 3.8) is 0 Å². The lowest BCUT2D eigenvalue weighted by atomic mass is 9.49. The number of nitrogens with zero attached hydrogens (tertiary/aromatic N) is 3. The van der Waals surface area contributed by atoms with Crippen LogP contribution < -0.4 is 35.1 Å². The summed E-state index contributed by atoms with van der Waals surface area (Å²) in [7, 11) is 1.49. The molecule has 4 amide bonds. The fourth-order valence-electron chi connectivity index (χ4n) is 10.9. The van der Waals surface area contributed by atoms with E-state index < -0.39 is 17.9 Å². The van der Waals surface area contributed by atoms with Gasteiger partial charge in [-0.15, -0.1) is 0 Å². The average Bonchev–Trinajstić information content (AvgIpc) is 3.24. The Hall–Kier alpha value is -5.65. The summed E-state index contributed by atoms with van der Waals surface area (Å²) in [5, 5.41) is 17.8. The molecular weight excluding hydrogens is 801 g/mol. The highest BCUT2D eigenvalue weighted by Gasteiger charge is 2.64. The van der Waals surface area contributed by atoms with Gasteiger partial charge >= 0.3 is 0 Å². The lowest BCUT2D eigenvalue weighted by Crippen LogP contribution is -2.74. The molecular formula is C49H60N6O8. The van der Waals surface area contributed by atoms with E-state index >= 15 is 0 Å². The molecule has 3 aliphatic heterocycles. The second-order valence-corrected chi connectivity index (χ2v) is 19.3. The molecule has 14 heteroatoms. The third-order valence-corrected chi connectivity index (χ3v) is 14.3. The first-order chi connectivity index (χ1) is 30.0. The van der Waals surface area contributed by atoms with Gasteiger partial charge in [0.25, 0.3) is 11.8 Å². The smallest absolute Gasteiger partial charge is 0.255 e. The van der Waals surface area contributed by atoms with Crippen LogP contribution in [0.25, 0.3) is 0 Å². The van der Waals surface area contributed by atoms with Crippen LogP contribution >= 0.6 is 0 Å². The van der Waals surface area contributed by atoms with Crippen molar-refractivity contribution in [2.45, 2.75) is 116 Å². The number of amides is 4. The number of piperidine rings is 2. The van der Waals surface area contributed by atoms with Crippen LogP contribution in [0.5, 0.6) is 17.2 Å². The van der Waals surface area contributed by atoms with E-state index in [-0.39, 0.29) is 64.9 Å².